The van der Waals surface area contributed by atoms with Crippen LogP contribution in [-0.2, 0) is 22.7 Å². The molecule has 0 saturated heterocycles. The summed E-state index contributed by atoms with van der Waals surface area (Å²) >= 11 is 11.8. The molecule has 0 radical (unpaired) electrons. The van der Waals surface area contributed by atoms with Crippen LogP contribution in [0.2, 0.25) is 10.0 Å². The number of amides is 2. The maximum Gasteiger partial charge on any atom is 0.220 e. The molecule has 0 aliphatic rings. The third-order valence-electron chi connectivity index (χ3n) is 3.57. The Labute approximate surface area is 157 Å². The predicted molar refractivity (Wildman–Crippen MR) is 100 cm³/mol. The monoisotopic (exact) mass is 378 g/mol. The second-order valence-corrected chi connectivity index (χ2v) is 6.54. The van der Waals surface area contributed by atoms with Crippen LogP contribution in [0.3, 0.4) is 0 Å². The molecule has 0 unspecified atom stereocenters. The number of carbonyl (C=O) groups excluding carboxylic acids is 2. The maximum absolute atomic E-state index is 11.8. The normalized spacial score (nSPS) is 10.3. The first-order valence-electron chi connectivity index (χ1n) is 8.05. The van der Waals surface area contributed by atoms with E-state index < -0.39 is 0 Å². The number of rotatable bonds is 8. The second kappa shape index (κ2) is 10.1. The van der Waals surface area contributed by atoms with E-state index in [0.29, 0.717) is 42.4 Å². The van der Waals surface area contributed by atoms with Gasteiger partial charge in [-0.25, -0.2) is 0 Å². The summed E-state index contributed by atoms with van der Waals surface area (Å²) in [5.74, 6) is -0.162. The molecule has 2 aromatic carbocycles. The molecule has 6 heteroatoms. The van der Waals surface area contributed by atoms with Crippen molar-refractivity contribution in [1.82, 2.24) is 10.6 Å². The van der Waals surface area contributed by atoms with Gasteiger partial charge in [-0.15, -0.1) is 0 Å². The van der Waals surface area contributed by atoms with Gasteiger partial charge >= 0.3 is 0 Å². The quantitative estimate of drug-likeness (QED) is 0.726. The van der Waals surface area contributed by atoms with Crippen LogP contribution in [0.5, 0.6) is 0 Å². The van der Waals surface area contributed by atoms with E-state index >= 15 is 0 Å². The topological polar surface area (TPSA) is 58.2 Å². The predicted octanol–water partition coefficient (Wildman–Crippen LogP) is 4.10. The van der Waals surface area contributed by atoms with Crippen molar-refractivity contribution in [2.45, 2.75) is 32.4 Å². The van der Waals surface area contributed by atoms with Crippen LogP contribution in [0.15, 0.2) is 48.5 Å². The Balaban J connectivity index is 1.61. The standard InChI is InChI=1S/C19H20Cl2N2O2/c20-16-6-1-4-14(10-16)12-22-18(24)8-3-9-19(25)23-13-15-5-2-7-17(21)11-15/h1-2,4-7,10-11H,3,8-9,12-13H2,(H,22,24)(H,23,25). The lowest BCUT2D eigenvalue weighted by Crippen LogP contribution is -2.25. The summed E-state index contributed by atoms with van der Waals surface area (Å²) in [6, 6.07) is 14.7. The zero-order valence-electron chi connectivity index (χ0n) is 13.7. The van der Waals surface area contributed by atoms with Crippen molar-refractivity contribution in [3.05, 3.63) is 69.7 Å². The van der Waals surface area contributed by atoms with E-state index in [-0.39, 0.29) is 11.8 Å². The fraction of sp³-hybridized carbons (Fsp3) is 0.263. The summed E-state index contributed by atoms with van der Waals surface area (Å²) < 4.78 is 0. The largest absolute Gasteiger partial charge is 0.352 e. The highest BCUT2D eigenvalue weighted by Crippen LogP contribution is 2.11. The molecule has 2 aromatic rings. The van der Waals surface area contributed by atoms with Crippen molar-refractivity contribution in [3.8, 4) is 0 Å². The summed E-state index contributed by atoms with van der Waals surface area (Å²) in [4.78, 5) is 23.6. The lowest BCUT2D eigenvalue weighted by Gasteiger charge is -2.07. The molecule has 0 bridgehead atoms. The first-order valence-corrected chi connectivity index (χ1v) is 8.81. The van der Waals surface area contributed by atoms with Gasteiger partial charge in [-0.05, 0) is 41.8 Å². The lowest BCUT2D eigenvalue weighted by molar-refractivity contribution is -0.122. The molecule has 2 rings (SSSR count). The molecule has 4 nitrogen and oxygen atoms in total. The maximum atomic E-state index is 11.8. The molecular weight excluding hydrogens is 359 g/mol. The van der Waals surface area contributed by atoms with Gasteiger partial charge in [-0.3, -0.25) is 9.59 Å². The van der Waals surface area contributed by atoms with E-state index in [1.165, 1.54) is 0 Å². The molecule has 0 heterocycles. The summed E-state index contributed by atoms with van der Waals surface area (Å²) in [7, 11) is 0. The van der Waals surface area contributed by atoms with Crippen molar-refractivity contribution < 1.29 is 9.59 Å². The molecule has 0 saturated carbocycles. The van der Waals surface area contributed by atoms with Crippen molar-refractivity contribution in [2.24, 2.45) is 0 Å². The van der Waals surface area contributed by atoms with Crippen LogP contribution >= 0.6 is 23.2 Å². The minimum absolute atomic E-state index is 0.0809. The van der Waals surface area contributed by atoms with E-state index in [4.69, 9.17) is 23.2 Å². The zero-order valence-corrected chi connectivity index (χ0v) is 15.2. The molecule has 25 heavy (non-hydrogen) atoms. The van der Waals surface area contributed by atoms with Crippen LogP contribution in [-0.4, -0.2) is 11.8 Å². The lowest BCUT2D eigenvalue weighted by atomic mass is 10.2. The Morgan fingerprint density at radius 3 is 1.60 bits per heavy atom. The average Bonchev–Trinajstić information content (AvgIpc) is 2.58. The fourth-order valence-corrected chi connectivity index (χ4v) is 2.71. The van der Waals surface area contributed by atoms with E-state index in [1.54, 1.807) is 12.1 Å². The average molecular weight is 379 g/mol. The van der Waals surface area contributed by atoms with Crippen molar-refractivity contribution in [1.29, 1.82) is 0 Å². The summed E-state index contributed by atoms with van der Waals surface area (Å²) in [6.45, 7) is 0.862. The smallest absolute Gasteiger partial charge is 0.220 e. The fourth-order valence-electron chi connectivity index (χ4n) is 2.28. The highest BCUT2D eigenvalue weighted by atomic mass is 35.5. The summed E-state index contributed by atoms with van der Waals surface area (Å²) in [5.41, 5.74) is 1.89. The molecule has 0 aliphatic carbocycles. The SMILES string of the molecule is O=C(CCCC(=O)NCc1cccc(Cl)c1)NCc1cccc(Cl)c1. The van der Waals surface area contributed by atoms with Crippen LogP contribution in [0.25, 0.3) is 0 Å². The van der Waals surface area contributed by atoms with Crippen LogP contribution < -0.4 is 10.6 Å². The number of hydrogen-bond acceptors (Lipinski definition) is 2. The van der Waals surface area contributed by atoms with E-state index in [0.717, 1.165) is 11.1 Å². The molecule has 0 fully saturated rings. The molecule has 132 valence electrons. The molecule has 0 aliphatic heterocycles. The molecule has 2 amide bonds. The zero-order chi connectivity index (χ0) is 18.1. The second-order valence-electron chi connectivity index (χ2n) is 5.67. The van der Waals surface area contributed by atoms with Gasteiger partial charge in [0.2, 0.25) is 11.8 Å². The van der Waals surface area contributed by atoms with Gasteiger partial charge in [-0.2, -0.15) is 0 Å². The van der Waals surface area contributed by atoms with Crippen molar-refractivity contribution in [2.75, 3.05) is 0 Å². The van der Waals surface area contributed by atoms with Crippen molar-refractivity contribution in [3.63, 3.8) is 0 Å². The van der Waals surface area contributed by atoms with Crippen molar-refractivity contribution >= 4 is 35.0 Å². The van der Waals surface area contributed by atoms with Gasteiger partial charge in [0, 0.05) is 36.0 Å². The Bertz CT molecular complexity index is 673. The van der Waals surface area contributed by atoms with Gasteiger partial charge in [0.1, 0.15) is 0 Å². The number of nitrogens with one attached hydrogen (secondary N) is 2. The third kappa shape index (κ3) is 7.59. The Morgan fingerprint density at radius 2 is 1.20 bits per heavy atom. The molecular formula is C19H20Cl2N2O2. The summed E-state index contributed by atoms with van der Waals surface area (Å²) in [5, 5.41) is 6.92. The van der Waals surface area contributed by atoms with E-state index in [1.807, 2.05) is 36.4 Å². The third-order valence-corrected chi connectivity index (χ3v) is 4.04. The number of carbonyl (C=O) groups is 2. The first-order chi connectivity index (χ1) is 12.0. The molecule has 0 spiro atoms. The van der Waals surface area contributed by atoms with Gasteiger partial charge in [0.05, 0.1) is 0 Å². The molecule has 2 N–H and O–H groups in total. The minimum atomic E-state index is -0.0809. The van der Waals surface area contributed by atoms with Crippen LogP contribution in [0.1, 0.15) is 30.4 Å². The van der Waals surface area contributed by atoms with Crippen LogP contribution in [0, 0.1) is 0 Å². The summed E-state index contributed by atoms with van der Waals surface area (Å²) in [6.07, 6.45) is 1.12. The number of hydrogen-bond donors (Lipinski definition) is 2. The van der Waals surface area contributed by atoms with E-state index in [9.17, 15) is 9.59 Å². The Morgan fingerprint density at radius 1 is 0.760 bits per heavy atom. The van der Waals surface area contributed by atoms with Gasteiger partial charge < -0.3 is 10.6 Å². The van der Waals surface area contributed by atoms with Gasteiger partial charge in [0.15, 0.2) is 0 Å². The van der Waals surface area contributed by atoms with E-state index in [2.05, 4.69) is 10.6 Å². The van der Waals surface area contributed by atoms with Gasteiger partial charge in [-0.1, -0.05) is 47.5 Å². The molecule has 0 atom stereocenters. The number of halogens is 2. The highest BCUT2D eigenvalue weighted by molar-refractivity contribution is 6.30. The van der Waals surface area contributed by atoms with Gasteiger partial charge in [0.25, 0.3) is 0 Å². The Hall–Kier alpha value is -2.04. The minimum Gasteiger partial charge on any atom is -0.352 e. The Kier molecular flexibility index (Phi) is 7.76. The molecule has 0 aromatic heterocycles. The number of benzene rings is 2. The highest BCUT2D eigenvalue weighted by Gasteiger charge is 2.06. The van der Waals surface area contributed by atoms with Crippen LogP contribution in [0.4, 0.5) is 0 Å². The first kappa shape index (κ1) is 19.3.